The Morgan fingerprint density at radius 2 is 1.76 bits per heavy atom. The second kappa shape index (κ2) is 7.26. The molecule has 12 heteroatoms. The lowest BCUT2D eigenvalue weighted by Crippen LogP contribution is -2.25. The van der Waals surface area contributed by atoms with Crippen molar-refractivity contribution in [2.75, 3.05) is 19.0 Å². The fourth-order valence-corrected chi connectivity index (χ4v) is 2.57. The van der Waals surface area contributed by atoms with Gasteiger partial charge in [-0.15, -0.1) is 0 Å². The van der Waals surface area contributed by atoms with Crippen LogP contribution in [0.1, 0.15) is 5.69 Å². The first-order chi connectivity index (χ1) is 13.5. The van der Waals surface area contributed by atoms with Crippen molar-refractivity contribution in [2.24, 2.45) is 0 Å². The van der Waals surface area contributed by atoms with Crippen molar-refractivity contribution < 1.29 is 31.1 Å². The number of rotatable bonds is 4. The highest BCUT2D eigenvalue weighted by atomic mass is 19.4. The first-order valence-electron chi connectivity index (χ1n) is 7.98. The number of aromatic nitrogens is 3. The number of fused-ring (bicyclic) bond motifs is 1. The zero-order valence-electron chi connectivity index (χ0n) is 14.6. The Hall–Kier alpha value is -3.31. The molecule has 1 N–H and O–H groups in total. The SMILES string of the molecule is CNc1ccn2c(=O)c(-c3ccccc3OCC(F)(F)F)c(C(F)(F)F)nc2n1. The highest BCUT2D eigenvalue weighted by Gasteiger charge is 2.39. The number of hydrogen-bond acceptors (Lipinski definition) is 5. The van der Waals surface area contributed by atoms with Crippen LogP contribution in [0.2, 0.25) is 0 Å². The van der Waals surface area contributed by atoms with Gasteiger partial charge in [-0.1, -0.05) is 18.2 Å². The van der Waals surface area contributed by atoms with Crippen molar-refractivity contribution in [2.45, 2.75) is 12.4 Å². The van der Waals surface area contributed by atoms with Crippen LogP contribution in [0.4, 0.5) is 32.2 Å². The Morgan fingerprint density at radius 1 is 1.07 bits per heavy atom. The first kappa shape index (κ1) is 20.4. The van der Waals surface area contributed by atoms with E-state index in [9.17, 15) is 31.1 Å². The molecule has 0 amide bonds. The maximum atomic E-state index is 13.7. The molecule has 3 aromatic rings. The first-order valence-corrected chi connectivity index (χ1v) is 7.98. The average Bonchev–Trinajstić information content (AvgIpc) is 2.65. The number of anilines is 1. The Morgan fingerprint density at radius 3 is 2.38 bits per heavy atom. The molecular weight excluding hydrogens is 406 g/mol. The number of para-hydroxylation sites is 1. The van der Waals surface area contributed by atoms with Crippen LogP contribution >= 0.6 is 0 Å². The van der Waals surface area contributed by atoms with Gasteiger partial charge >= 0.3 is 12.4 Å². The summed E-state index contributed by atoms with van der Waals surface area (Å²) in [7, 11) is 1.48. The van der Waals surface area contributed by atoms with Crippen molar-refractivity contribution >= 4 is 11.6 Å². The molecule has 3 rings (SSSR count). The van der Waals surface area contributed by atoms with Crippen LogP contribution < -0.4 is 15.6 Å². The van der Waals surface area contributed by atoms with Gasteiger partial charge in [-0.05, 0) is 12.1 Å². The Labute approximate surface area is 158 Å². The minimum Gasteiger partial charge on any atom is -0.483 e. The van der Waals surface area contributed by atoms with Gasteiger partial charge in [0.25, 0.3) is 5.56 Å². The molecule has 2 aromatic heterocycles. The zero-order chi connectivity index (χ0) is 21.4. The summed E-state index contributed by atoms with van der Waals surface area (Å²) in [6, 6.07) is 5.97. The Bertz CT molecular complexity index is 1110. The minimum absolute atomic E-state index is 0.173. The molecule has 0 fully saturated rings. The second-order valence-corrected chi connectivity index (χ2v) is 5.77. The van der Waals surface area contributed by atoms with Gasteiger partial charge in [0.15, 0.2) is 12.3 Å². The summed E-state index contributed by atoms with van der Waals surface area (Å²) in [6.45, 7) is -1.74. The van der Waals surface area contributed by atoms with Crippen molar-refractivity contribution in [3.05, 3.63) is 52.6 Å². The molecule has 0 aliphatic heterocycles. The largest absolute Gasteiger partial charge is 0.483 e. The highest BCUT2D eigenvalue weighted by molar-refractivity contribution is 5.73. The molecule has 154 valence electrons. The van der Waals surface area contributed by atoms with Crippen LogP contribution in [0.5, 0.6) is 5.75 Å². The van der Waals surface area contributed by atoms with Crippen LogP contribution in [0.3, 0.4) is 0 Å². The number of benzene rings is 1. The van der Waals surface area contributed by atoms with E-state index in [2.05, 4.69) is 20.0 Å². The summed E-state index contributed by atoms with van der Waals surface area (Å²) < 4.78 is 83.9. The van der Waals surface area contributed by atoms with Gasteiger partial charge < -0.3 is 10.1 Å². The third-order valence-corrected chi connectivity index (χ3v) is 3.77. The number of hydrogen-bond donors (Lipinski definition) is 1. The molecule has 0 radical (unpaired) electrons. The number of ether oxygens (including phenoxy) is 1. The fourth-order valence-electron chi connectivity index (χ4n) is 2.57. The van der Waals surface area contributed by atoms with Gasteiger partial charge in [0, 0.05) is 18.8 Å². The van der Waals surface area contributed by atoms with Crippen LogP contribution in [0.25, 0.3) is 16.9 Å². The smallest absolute Gasteiger partial charge is 0.434 e. The molecule has 0 spiro atoms. The molecule has 6 nitrogen and oxygen atoms in total. The summed E-state index contributed by atoms with van der Waals surface area (Å²) in [5.41, 5.74) is -4.13. The minimum atomic E-state index is -5.07. The highest BCUT2D eigenvalue weighted by Crippen LogP contribution is 2.38. The maximum absolute atomic E-state index is 13.7. The van der Waals surface area contributed by atoms with Gasteiger partial charge in [-0.2, -0.15) is 31.3 Å². The number of nitrogens with one attached hydrogen (secondary N) is 1. The summed E-state index contributed by atoms with van der Waals surface area (Å²) in [5, 5.41) is 2.61. The van der Waals surface area contributed by atoms with E-state index in [0.717, 1.165) is 22.7 Å². The summed E-state index contributed by atoms with van der Waals surface area (Å²) in [4.78, 5) is 20.1. The topological polar surface area (TPSA) is 68.5 Å². The van der Waals surface area contributed by atoms with E-state index >= 15 is 0 Å². The van der Waals surface area contributed by atoms with Crippen molar-refractivity contribution in [1.82, 2.24) is 14.4 Å². The predicted molar refractivity (Wildman–Crippen MR) is 90.8 cm³/mol. The number of nitrogens with zero attached hydrogens (tertiary/aromatic N) is 3. The molecule has 0 atom stereocenters. The third kappa shape index (κ3) is 4.25. The molecule has 0 aliphatic rings. The summed E-state index contributed by atoms with van der Waals surface area (Å²) in [5.74, 6) is -0.882. The molecule has 0 saturated heterocycles. The van der Waals surface area contributed by atoms with Crippen molar-refractivity contribution in [1.29, 1.82) is 0 Å². The maximum Gasteiger partial charge on any atom is 0.434 e. The van der Waals surface area contributed by atoms with Crippen molar-refractivity contribution in [3.63, 3.8) is 0 Å². The van der Waals surface area contributed by atoms with E-state index in [1.165, 1.54) is 25.2 Å². The van der Waals surface area contributed by atoms with E-state index in [1.54, 1.807) is 0 Å². The van der Waals surface area contributed by atoms with E-state index < -0.39 is 52.9 Å². The zero-order valence-corrected chi connectivity index (χ0v) is 14.6. The lowest BCUT2D eigenvalue weighted by molar-refractivity contribution is -0.153. The van der Waals surface area contributed by atoms with Crippen molar-refractivity contribution in [3.8, 4) is 16.9 Å². The van der Waals surface area contributed by atoms with Gasteiger partial charge in [0.2, 0.25) is 5.78 Å². The Kier molecular flexibility index (Phi) is 5.11. The normalized spacial score (nSPS) is 12.2. The van der Waals surface area contributed by atoms with E-state index in [4.69, 9.17) is 0 Å². The summed E-state index contributed by atoms with van der Waals surface area (Å²) >= 11 is 0. The average molecular weight is 418 g/mol. The lowest BCUT2D eigenvalue weighted by atomic mass is 10.0. The molecule has 0 aliphatic carbocycles. The van der Waals surface area contributed by atoms with E-state index in [0.29, 0.717) is 0 Å². The van der Waals surface area contributed by atoms with E-state index in [1.807, 2.05) is 0 Å². The number of alkyl halides is 6. The molecule has 29 heavy (non-hydrogen) atoms. The van der Waals surface area contributed by atoms with Crippen LogP contribution in [-0.4, -0.2) is 34.2 Å². The second-order valence-electron chi connectivity index (χ2n) is 5.77. The molecule has 0 saturated carbocycles. The number of halogens is 6. The quantitative estimate of drug-likeness (QED) is 0.654. The molecule has 2 heterocycles. The molecule has 0 bridgehead atoms. The monoisotopic (exact) mass is 418 g/mol. The van der Waals surface area contributed by atoms with Crippen LogP contribution in [0, 0.1) is 0 Å². The summed E-state index contributed by atoms with van der Waals surface area (Å²) in [6.07, 6.45) is -8.63. The Balaban J connectivity index is 2.30. The van der Waals surface area contributed by atoms with Gasteiger partial charge in [-0.25, -0.2) is 4.98 Å². The van der Waals surface area contributed by atoms with Crippen LogP contribution in [0.15, 0.2) is 41.3 Å². The standard InChI is InChI=1S/C17H12F6N4O2/c1-24-11-6-7-27-14(28)12(13(17(21,22)23)26-15(27)25-11)9-4-2-3-5-10(9)29-8-16(18,19)20/h2-7H,8H2,1H3,(H,24,25,26). The molecular formula is C17H12F6N4O2. The van der Waals surface area contributed by atoms with Gasteiger partial charge in [0.05, 0.1) is 5.56 Å². The van der Waals surface area contributed by atoms with Crippen LogP contribution in [-0.2, 0) is 6.18 Å². The lowest BCUT2D eigenvalue weighted by Gasteiger charge is -2.16. The molecule has 1 aromatic carbocycles. The van der Waals surface area contributed by atoms with Gasteiger partial charge in [0.1, 0.15) is 11.6 Å². The predicted octanol–water partition coefficient (Wildman–Crippen LogP) is 3.76. The molecule has 0 unspecified atom stereocenters. The van der Waals surface area contributed by atoms with Gasteiger partial charge in [-0.3, -0.25) is 9.20 Å². The third-order valence-electron chi connectivity index (χ3n) is 3.77. The fraction of sp³-hybridized carbons (Fsp3) is 0.235. The van der Waals surface area contributed by atoms with E-state index in [-0.39, 0.29) is 5.82 Å².